The largest absolute Gasteiger partial charge is 0.479 e. The molecule has 3 nitrogen and oxygen atoms in total. The number of amides is 1. The van der Waals surface area contributed by atoms with E-state index >= 15 is 0 Å². The van der Waals surface area contributed by atoms with E-state index in [1.165, 1.54) is 5.56 Å². The minimum absolute atomic E-state index is 0.147. The van der Waals surface area contributed by atoms with Crippen LogP contribution in [0.25, 0.3) is 0 Å². The van der Waals surface area contributed by atoms with Crippen molar-refractivity contribution in [3.63, 3.8) is 0 Å². The highest BCUT2D eigenvalue weighted by molar-refractivity contribution is 6.32. The van der Waals surface area contributed by atoms with Gasteiger partial charge in [-0.15, -0.1) is 0 Å². The first-order valence-corrected chi connectivity index (χ1v) is 7.27. The van der Waals surface area contributed by atoms with Gasteiger partial charge in [-0.05, 0) is 31.0 Å². The van der Waals surface area contributed by atoms with Gasteiger partial charge in [-0.1, -0.05) is 54.1 Å². The molecule has 0 spiro atoms. The number of carbonyl (C=O) groups is 1. The Labute approximate surface area is 129 Å². The van der Waals surface area contributed by atoms with E-state index in [1.54, 1.807) is 19.1 Å². The number of para-hydroxylation sites is 1. The van der Waals surface area contributed by atoms with Gasteiger partial charge in [-0.3, -0.25) is 4.79 Å². The van der Waals surface area contributed by atoms with Crippen LogP contribution in [0.5, 0.6) is 5.75 Å². The lowest BCUT2D eigenvalue weighted by Crippen LogP contribution is -2.37. The first-order chi connectivity index (χ1) is 10.2. The second kappa shape index (κ2) is 7.70. The lowest BCUT2D eigenvalue weighted by atomic mass is 10.1. The SMILES string of the molecule is C[C@H](Oc1ccccc1Cl)C(=O)NCCc1ccccc1. The standard InChI is InChI=1S/C17H18ClNO2/c1-13(21-16-10-6-5-9-15(16)18)17(20)19-12-11-14-7-3-2-4-8-14/h2-10,13H,11-12H2,1H3,(H,19,20)/t13-/m0/s1. The highest BCUT2D eigenvalue weighted by Gasteiger charge is 2.15. The highest BCUT2D eigenvalue weighted by Crippen LogP contribution is 2.24. The van der Waals surface area contributed by atoms with Crippen LogP contribution in [0, 0.1) is 0 Å². The summed E-state index contributed by atoms with van der Waals surface area (Å²) in [4.78, 5) is 12.0. The molecule has 0 bridgehead atoms. The molecule has 0 saturated carbocycles. The van der Waals surface area contributed by atoms with Gasteiger partial charge in [0.1, 0.15) is 5.75 Å². The first-order valence-electron chi connectivity index (χ1n) is 6.89. The van der Waals surface area contributed by atoms with Crippen LogP contribution in [0.15, 0.2) is 54.6 Å². The van der Waals surface area contributed by atoms with E-state index in [0.29, 0.717) is 17.3 Å². The highest BCUT2D eigenvalue weighted by atomic mass is 35.5. The van der Waals surface area contributed by atoms with Crippen molar-refractivity contribution in [2.24, 2.45) is 0 Å². The number of nitrogens with one attached hydrogen (secondary N) is 1. The summed E-state index contributed by atoms with van der Waals surface area (Å²) in [6, 6.07) is 17.1. The fourth-order valence-electron chi connectivity index (χ4n) is 1.90. The van der Waals surface area contributed by atoms with E-state index in [2.05, 4.69) is 5.32 Å². The van der Waals surface area contributed by atoms with Crippen LogP contribution in [0.4, 0.5) is 0 Å². The summed E-state index contributed by atoms with van der Waals surface area (Å²) in [5.41, 5.74) is 1.19. The molecule has 1 atom stereocenters. The van der Waals surface area contributed by atoms with Crippen LogP contribution in [0.1, 0.15) is 12.5 Å². The van der Waals surface area contributed by atoms with E-state index in [0.717, 1.165) is 6.42 Å². The van der Waals surface area contributed by atoms with Crippen LogP contribution in [0.2, 0.25) is 5.02 Å². The van der Waals surface area contributed by atoms with Gasteiger partial charge < -0.3 is 10.1 Å². The minimum Gasteiger partial charge on any atom is -0.479 e. The molecule has 0 radical (unpaired) electrons. The predicted octanol–water partition coefficient (Wildman–Crippen LogP) is 3.47. The zero-order valence-electron chi connectivity index (χ0n) is 11.9. The average Bonchev–Trinajstić information content (AvgIpc) is 2.50. The van der Waals surface area contributed by atoms with Crippen LogP contribution < -0.4 is 10.1 Å². The Morgan fingerprint density at radius 2 is 1.81 bits per heavy atom. The lowest BCUT2D eigenvalue weighted by molar-refractivity contribution is -0.127. The van der Waals surface area contributed by atoms with Gasteiger partial charge in [-0.2, -0.15) is 0 Å². The molecule has 1 N–H and O–H groups in total. The Morgan fingerprint density at radius 1 is 1.14 bits per heavy atom. The van der Waals surface area contributed by atoms with E-state index in [4.69, 9.17) is 16.3 Å². The summed E-state index contributed by atoms with van der Waals surface area (Å²) in [5, 5.41) is 3.36. The molecule has 2 rings (SSSR count). The molecule has 21 heavy (non-hydrogen) atoms. The van der Waals surface area contributed by atoms with E-state index in [1.807, 2.05) is 42.5 Å². The average molecular weight is 304 g/mol. The molecule has 2 aromatic rings. The number of hydrogen-bond acceptors (Lipinski definition) is 2. The summed E-state index contributed by atoms with van der Waals surface area (Å²) >= 11 is 6.00. The third-order valence-electron chi connectivity index (χ3n) is 3.07. The van der Waals surface area contributed by atoms with Crippen molar-refractivity contribution in [1.29, 1.82) is 0 Å². The summed E-state index contributed by atoms with van der Waals surface area (Å²) in [5.74, 6) is 0.371. The molecule has 4 heteroatoms. The molecule has 0 aliphatic heterocycles. The maximum absolute atomic E-state index is 12.0. The zero-order chi connectivity index (χ0) is 15.1. The van der Waals surface area contributed by atoms with Gasteiger partial charge in [0.15, 0.2) is 6.10 Å². The lowest BCUT2D eigenvalue weighted by Gasteiger charge is -2.15. The second-order valence-corrected chi connectivity index (χ2v) is 5.12. The molecule has 0 aliphatic carbocycles. The summed E-state index contributed by atoms with van der Waals surface area (Å²) in [7, 11) is 0. The number of carbonyl (C=O) groups excluding carboxylic acids is 1. The summed E-state index contributed by atoms with van der Waals surface area (Å²) in [6.45, 7) is 2.29. The number of hydrogen-bond donors (Lipinski definition) is 1. The van der Waals surface area contributed by atoms with Crippen molar-refractivity contribution < 1.29 is 9.53 Å². The number of halogens is 1. The Balaban J connectivity index is 1.79. The quantitative estimate of drug-likeness (QED) is 0.887. The first kappa shape index (κ1) is 15.4. The maximum atomic E-state index is 12.0. The van der Waals surface area contributed by atoms with Gasteiger partial charge in [-0.25, -0.2) is 0 Å². The zero-order valence-corrected chi connectivity index (χ0v) is 12.6. The van der Waals surface area contributed by atoms with Gasteiger partial charge >= 0.3 is 0 Å². The van der Waals surface area contributed by atoms with Crippen molar-refractivity contribution in [2.75, 3.05) is 6.54 Å². The van der Waals surface area contributed by atoms with E-state index < -0.39 is 6.10 Å². The summed E-state index contributed by atoms with van der Waals surface area (Å²) in [6.07, 6.45) is 0.214. The third kappa shape index (κ3) is 4.80. The molecule has 110 valence electrons. The molecule has 0 unspecified atom stereocenters. The van der Waals surface area contributed by atoms with Crippen molar-refractivity contribution in [3.8, 4) is 5.75 Å². The van der Waals surface area contributed by atoms with Gasteiger partial charge in [0.25, 0.3) is 5.91 Å². The van der Waals surface area contributed by atoms with Gasteiger partial charge in [0.05, 0.1) is 5.02 Å². The normalized spacial score (nSPS) is 11.7. The molecule has 0 aliphatic rings. The minimum atomic E-state index is -0.583. The predicted molar refractivity (Wildman–Crippen MR) is 84.7 cm³/mol. The number of rotatable bonds is 6. The number of ether oxygens (including phenoxy) is 1. The Kier molecular flexibility index (Phi) is 5.64. The number of benzene rings is 2. The Bertz CT molecular complexity index is 586. The van der Waals surface area contributed by atoms with Crippen molar-refractivity contribution in [3.05, 3.63) is 65.2 Å². The fraction of sp³-hybridized carbons (Fsp3) is 0.235. The Morgan fingerprint density at radius 3 is 2.52 bits per heavy atom. The smallest absolute Gasteiger partial charge is 0.260 e. The Hall–Kier alpha value is -2.00. The van der Waals surface area contributed by atoms with Crippen molar-refractivity contribution >= 4 is 17.5 Å². The van der Waals surface area contributed by atoms with Crippen LogP contribution in [-0.4, -0.2) is 18.6 Å². The van der Waals surface area contributed by atoms with Gasteiger partial charge in [0, 0.05) is 6.54 Å². The van der Waals surface area contributed by atoms with Crippen LogP contribution in [0.3, 0.4) is 0 Å². The fourth-order valence-corrected chi connectivity index (χ4v) is 2.08. The molecule has 1 amide bonds. The third-order valence-corrected chi connectivity index (χ3v) is 3.38. The monoisotopic (exact) mass is 303 g/mol. The topological polar surface area (TPSA) is 38.3 Å². The molecule has 0 fully saturated rings. The maximum Gasteiger partial charge on any atom is 0.260 e. The summed E-state index contributed by atoms with van der Waals surface area (Å²) < 4.78 is 5.57. The molecule has 0 saturated heterocycles. The van der Waals surface area contributed by atoms with Gasteiger partial charge in [0.2, 0.25) is 0 Å². The van der Waals surface area contributed by atoms with E-state index in [9.17, 15) is 4.79 Å². The molecule has 0 heterocycles. The van der Waals surface area contributed by atoms with Crippen LogP contribution >= 0.6 is 11.6 Å². The molecule has 2 aromatic carbocycles. The van der Waals surface area contributed by atoms with E-state index in [-0.39, 0.29) is 5.91 Å². The van der Waals surface area contributed by atoms with Crippen LogP contribution in [-0.2, 0) is 11.2 Å². The molecule has 0 aromatic heterocycles. The molecular weight excluding hydrogens is 286 g/mol. The van der Waals surface area contributed by atoms with Crippen molar-refractivity contribution in [2.45, 2.75) is 19.4 Å². The van der Waals surface area contributed by atoms with Crippen molar-refractivity contribution in [1.82, 2.24) is 5.32 Å². The second-order valence-electron chi connectivity index (χ2n) is 4.72. The molecular formula is C17H18ClNO2.